The van der Waals surface area contributed by atoms with E-state index in [0.29, 0.717) is 16.5 Å². The molecule has 0 fully saturated rings. The van der Waals surface area contributed by atoms with Crippen molar-refractivity contribution in [1.29, 1.82) is 0 Å². The summed E-state index contributed by atoms with van der Waals surface area (Å²) in [5.41, 5.74) is 0.921. The molecule has 27 heavy (non-hydrogen) atoms. The third-order valence-electron chi connectivity index (χ3n) is 3.42. The molecule has 8 heteroatoms. The maximum Gasteiger partial charge on any atom is 0.262 e. The Hall–Kier alpha value is -2.09. The largest absolute Gasteiger partial charge is 0.484 e. The molecule has 2 aromatic carbocycles. The van der Waals surface area contributed by atoms with Crippen molar-refractivity contribution in [2.45, 2.75) is 38.1 Å². The molecular weight excluding hydrogens is 388 g/mol. The van der Waals surface area contributed by atoms with Crippen molar-refractivity contribution in [3.63, 3.8) is 0 Å². The van der Waals surface area contributed by atoms with Gasteiger partial charge >= 0.3 is 0 Å². The van der Waals surface area contributed by atoms with Crippen molar-refractivity contribution >= 4 is 33.2 Å². The Morgan fingerprint density at radius 1 is 1.11 bits per heavy atom. The zero-order chi connectivity index (χ0) is 20.2. The van der Waals surface area contributed by atoms with Crippen LogP contribution in [0.25, 0.3) is 0 Å². The molecule has 0 unspecified atom stereocenters. The maximum atomic E-state index is 12.3. The zero-order valence-corrected chi connectivity index (χ0v) is 17.2. The Labute approximate surface area is 164 Å². The molecule has 2 N–H and O–H groups in total. The minimum Gasteiger partial charge on any atom is -0.484 e. The van der Waals surface area contributed by atoms with Crippen molar-refractivity contribution in [3.05, 3.63) is 53.1 Å². The van der Waals surface area contributed by atoms with Crippen LogP contribution in [0.5, 0.6) is 5.75 Å². The van der Waals surface area contributed by atoms with Gasteiger partial charge in [-0.2, -0.15) is 0 Å². The van der Waals surface area contributed by atoms with E-state index in [-0.39, 0.29) is 17.4 Å². The van der Waals surface area contributed by atoms with Gasteiger partial charge in [-0.05, 0) is 69.7 Å². The predicted molar refractivity (Wildman–Crippen MR) is 107 cm³/mol. The van der Waals surface area contributed by atoms with E-state index in [1.165, 1.54) is 24.3 Å². The van der Waals surface area contributed by atoms with Gasteiger partial charge in [-0.3, -0.25) is 4.79 Å². The van der Waals surface area contributed by atoms with Crippen LogP contribution >= 0.6 is 11.6 Å². The van der Waals surface area contributed by atoms with Gasteiger partial charge in [0.25, 0.3) is 5.91 Å². The van der Waals surface area contributed by atoms with Gasteiger partial charge in [0.1, 0.15) is 5.75 Å². The molecule has 0 radical (unpaired) electrons. The van der Waals surface area contributed by atoms with E-state index in [1.807, 2.05) is 13.0 Å². The average molecular weight is 411 g/mol. The Morgan fingerprint density at radius 2 is 1.74 bits per heavy atom. The van der Waals surface area contributed by atoms with E-state index < -0.39 is 15.6 Å². The number of benzene rings is 2. The molecule has 146 valence electrons. The fraction of sp³-hybridized carbons (Fsp3) is 0.316. The summed E-state index contributed by atoms with van der Waals surface area (Å²) >= 11 is 5.93. The predicted octanol–water partition coefficient (Wildman–Crippen LogP) is 3.74. The number of halogens is 1. The number of anilines is 1. The molecular formula is C19H23ClN2O4S. The van der Waals surface area contributed by atoms with Crippen molar-refractivity contribution < 1.29 is 17.9 Å². The van der Waals surface area contributed by atoms with Crippen LogP contribution in [-0.2, 0) is 14.8 Å². The summed E-state index contributed by atoms with van der Waals surface area (Å²) in [6.07, 6.45) is 0. The second-order valence-electron chi connectivity index (χ2n) is 7.12. The summed E-state index contributed by atoms with van der Waals surface area (Å²) in [7, 11) is -3.61. The molecule has 0 spiro atoms. The van der Waals surface area contributed by atoms with Crippen LogP contribution in [0.4, 0.5) is 5.69 Å². The minimum absolute atomic E-state index is 0.128. The number of nitrogens with one attached hydrogen (secondary N) is 2. The number of ether oxygens (including phenoxy) is 1. The third-order valence-corrected chi connectivity index (χ3v) is 5.43. The Kier molecular flexibility index (Phi) is 6.51. The lowest BCUT2D eigenvalue weighted by Crippen LogP contribution is -2.40. The van der Waals surface area contributed by atoms with Crippen LogP contribution in [0.15, 0.2) is 47.4 Å². The SMILES string of the molecule is Cc1ccc(Cl)cc1NC(=O)COc1ccc(S(=O)(=O)NC(C)(C)C)cc1. The fourth-order valence-electron chi connectivity index (χ4n) is 2.24. The van der Waals surface area contributed by atoms with Crippen LogP contribution < -0.4 is 14.8 Å². The molecule has 2 aromatic rings. The lowest BCUT2D eigenvalue weighted by atomic mass is 10.1. The lowest BCUT2D eigenvalue weighted by Gasteiger charge is -2.20. The number of hydrogen-bond donors (Lipinski definition) is 2. The Balaban J connectivity index is 1.97. The molecule has 0 saturated carbocycles. The van der Waals surface area contributed by atoms with E-state index in [1.54, 1.807) is 32.9 Å². The molecule has 0 bridgehead atoms. The first-order valence-corrected chi connectivity index (χ1v) is 10.2. The highest BCUT2D eigenvalue weighted by Gasteiger charge is 2.21. The molecule has 0 aliphatic rings. The van der Waals surface area contributed by atoms with Gasteiger partial charge in [0.05, 0.1) is 4.90 Å². The first-order valence-electron chi connectivity index (χ1n) is 8.29. The summed E-state index contributed by atoms with van der Waals surface area (Å²) < 4.78 is 32.5. The normalized spacial score (nSPS) is 11.9. The summed E-state index contributed by atoms with van der Waals surface area (Å²) in [6.45, 7) is 6.95. The number of hydrogen-bond acceptors (Lipinski definition) is 4. The number of rotatable bonds is 6. The Bertz CT molecular complexity index is 920. The summed E-state index contributed by atoms with van der Waals surface area (Å²) in [6, 6.07) is 11.1. The zero-order valence-electron chi connectivity index (χ0n) is 15.7. The number of amides is 1. The molecule has 1 amide bonds. The van der Waals surface area contributed by atoms with Gasteiger partial charge in [0, 0.05) is 16.2 Å². The van der Waals surface area contributed by atoms with Gasteiger partial charge in [-0.15, -0.1) is 0 Å². The first kappa shape index (κ1) is 21.2. The van der Waals surface area contributed by atoms with Crippen LogP contribution in [-0.4, -0.2) is 26.5 Å². The summed E-state index contributed by atoms with van der Waals surface area (Å²) in [5, 5.41) is 3.25. The molecule has 6 nitrogen and oxygen atoms in total. The molecule has 0 aromatic heterocycles. The van der Waals surface area contributed by atoms with E-state index in [4.69, 9.17) is 16.3 Å². The highest BCUT2D eigenvalue weighted by molar-refractivity contribution is 7.89. The van der Waals surface area contributed by atoms with Crippen LogP contribution in [0, 0.1) is 6.92 Å². The van der Waals surface area contributed by atoms with E-state index in [0.717, 1.165) is 5.56 Å². The quantitative estimate of drug-likeness (QED) is 0.759. The summed E-state index contributed by atoms with van der Waals surface area (Å²) in [5.74, 6) is 0.0501. The highest BCUT2D eigenvalue weighted by Crippen LogP contribution is 2.21. The second kappa shape index (κ2) is 8.29. The van der Waals surface area contributed by atoms with Crippen molar-refractivity contribution in [2.24, 2.45) is 0 Å². The molecule has 0 aliphatic heterocycles. The van der Waals surface area contributed by atoms with Crippen molar-refractivity contribution in [3.8, 4) is 5.75 Å². The maximum absolute atomic E-state index is 12.3. The molecule has 0 aliphatic carbocycles. The monoisotopic (exact) mass is 410 g/mol. The average Bonchev–Trinajstić information content (AvgIpc) is 2.54. The van der Waals surface area contributed by atoms with Gasteiger partial charge in [0.15, 0.2) is 6.61 Å². The van der Waals surface area contributed by atoms with Crippen LogP contribution in [0.3, 0.4) is 0 Å². The van der Waals surface area contributed by atoms with E-state index in [2.05, 4.69) is 10.0 Å². The highest BCUT2D eigenvalue weighted by atomic mass is 35.5. The van der Waals surface area contributed by atoms with Crippen molar-refractivity contribution in [2.75, 3.05) is 11.9 Å². The minimum atomic E-state index is -3.61. The van der Waals surface area contributed by atoms with Gasteiger partial charge in [-0.25, -0.2) is 13.1 Å². The van der Waals surface area contributed by atoms with Crippen LogP contribution in [0.2, 0.25) is 5.02 Å². The standard InChI is InChI=1S/C19H23ClN2O4S/c1-13-5-6-14(20)11-17(13)21-18(23)12-26-15-7-9-16(10-8-15)27(24,25)22-19(2,3)4/h5-11,22H,12H2,1-4H3,(H,21,23). The van der Waals surface area contributed by atoms with Crippen LogP contribution in [0.1, 0.15) is 26.3 Å². The smallest absolute Gasteiger partial charge is 0.262 e. The number of aryl methyl sites for hydroxylation is 1. The molecule has 2 rings (SSSR count). The number of sulfonamides is 1. The molecule has 0 atom stereocenters. The fourth-order valence-corrected chi connectivity index (χ4v) is 3.83. The second-order valence-corrected chi connectivity index (χ2v) is 9.24. The number of carbonyl (C=O) groups excluding carboxylic acids is 1. The molecule has 0 heterocycles. The summed E-state index contributed by atoms with van der Waals surface area (Å²) in [4.78, 5) is 12.2. The topological polar surface area (TPSA) is 84.5 Å². The Morgan fingerprint density at radius 3 is 2.33 bits per heavy atom. The van der Waals surface area contributed by atoms with Gasteiger partial charge in [0.2, 0.25) is 10.0 Å². The molecule has 0 saturated heterocycles. The van der Waals surface area contributed by atoms with E-state index in [9.17, 15) is 13.2 Å². The van der Waals surface area contributed by atoms with Gasteiger partial charge < -0.3 is 10.1 Å². The first-order chi connectivity index (χ1) is 12.5. The van der Waals surface area contributed by atoms with Gasteiger partial charge in [-0.1, -0.05) is 17.7 Å². The third kappa shape index (κ3) is 6.53. The van der Waals surface area contributed by atoms with Crippen molar-refractivity contribution in [1.82, 2.24) is 4.72 Å². The van der Waals surface area contributed by atoms with E-state index >= 15 is 0 Å². The number of carbonyl (C=O) groups is 1. The lowest BCUT2D eigenvalue weighted by molar-refractivity contribution is -0.118.